The van der Waals surface area contributed by atoms with Gasteiger partial charge in [0.05, 0.1) is 14.2 Å². The van der Waals surface area contributed by atoms with Crippen molar-refractivity contribution in [3.8, 4) is 0 Å². The van der Waals surface area contributed by atoms with Gasteiger partial charge in [0.1, 0.15) is 19.6 Å². The minimum absolute atomic E-state index is 0.177. The molecular weight excluding hydrogens is 309 g/mol. The van der Waals surface area contributed by atoms with Crippen molar-refractivity contribution in [1.29, 1.82) is 0 Å². The third-order valence-electron chi connectivity index (χ3n) is 1.86. The first-order valence-corrected chi connectivity index (χ1v) is 6.41. The van der Waals surface area contributed by atoms with Crippen molar-refractivity contribution in [2.75, 3.05) is 33.9 Å². The Morgan fingerprint density at radius 1 is 1.10 bits per heavy atom. The van der Waals surface area contributed by atoms with Crippen molar-refractivity contribution < 1.29 is 40.7 Å². The van der Waals surface area contributed by atoms with E-state index in [1.807, 2.05) is 0 Å². The number of hydrogen-bond donors (Lipinski definition) is 1. The molecule has 118 valence electrons. The third kappa shape index (κ3) is 7.25. The van der Waals surface area contributed by atoms with Crippen molar-refractivity contribution >= 4 is 22.1 Å². The fourth-order valence-electron chi connectivity index (χ4n) is 0.907. The Morgan fingerprint density at radius 2 is 1.50 bits per heavy atom. The van der Waals surface area contributed by atoms with Gasteiger partial charge in [-0.1, -0.05) is 0 Å². The van der Waals surface area contributed by atoms with Crippen molar-refractivity contribution in [3.63, 3.8) is 0 Å². The molecule has 0 atom stereocenters. The SMILES string of the molecule is COC(=O)CN(CC(=O)OC)S(=O)(=O)NCC(F)(F)F. The smallest absolute Gasteiger partial charge is 0.402 e. The predicted octanol–water partition coefficient (Wildman–Crippen LogP) is -0.969. The molecule has 1 N–H and O–H groups in total. The maximum Gasteiger partial charge on any atom is 0.402 e. The van der Waals surface area contributed by atoms with Gasteiger partial charge in [0.25, 0.3) is 10.2 Å². The molecule has 0 saturated carbocycles. The normalized spacial score (nSPS) is 12.3. The van der Waals surface area contributed by atoms with Gasteiger partial charge in [-0.3, -0.25) is 9.59 Å². The van der Waals surface area contributed by atoms with E-state index in [9.17, 15) is 31.2 Å². The molecule has 0 fully saturated rings. The maximum absolute atomic E-state index is 12.0. The summed E-state index contributed by atoms with van der Waals surface area (Å²) in [7, 11) is -2.80. The molecule has 20 heavy (non-hydrogen) atoms. The Hall–Kier alpha value is -1.40. The molecule has 0 aromatic rings. The van der Waals surface area contributed by atoms with Crippen LogP contribution >= 0.6 is 0 Å². The van der Waals surface area contributed by atoms with Gasteiger partial charge in [0.2, 0.25) is 0 Å². The molecule has 0 heterocycles. The lowest BCUT2D eigenvalue weighted by atomic mass is 10.6. The Bertz CT molecular complexity index is 432. The summed E-state index contributed by atoms with van der Waals surface area (Å²) in [6.45, 7) is -3.70. The van der Waals surface area contributed by atoms with Crippen LogP contribution in [0.2, 0.25) is 0 Å². The van der Waals surface area contributed by atoms with Crippen molar-refractivity contribution in [3.05, 3.63) is 0 Å². The third-order valence-corrected chi connectivity index (χ3v) is 3.31. The van der Waals surface area contributed by atoms with Gasteiger partial charge < -0.3 is 9.47 Å². The second kappa shape index (κ2) is 7.40. The lowest BCUT2D eigenvalue weighted by Crippen LogP contribution is -2.48. The zero-order valence-electron chi connectivity index (χ0n) is 10.6. The highest BCUT2D eigenvalue weighted by Crippen LogP contribution is 2.13. The van der Waals surface area contributed by atoms with Crippen molar-refractivity contribution in [2.45, 2.75) is 6.18 Å². The zero-order chi connectivity index (χ0) is 16.0. The van der Waals surface area contributed by atoms with Crippen molar-refractivity contribution in [2.24, 2.45) is 0 Å². The molecule has 0 spiro atoms. The van der Waals surface area contributed by atoms with Crippen LogP contribution in [-0.4, -0.2) is 64.7 Å². The number of carbonyl (C=O) groups is 2. The fraction of sp³-hybridized carbons (Fsp3) is 0.750. The number of halogens is 3. The van der Waals surface area contributed by atoms with Gasteiger partial charge in [-0.2, -0.15) is 30.6 Å². The Balaban J connectivity index is 4.98. The second-order valence-electron chi connectivity index (χ2n) is 3.36. The van der Waals surface area contributed by atoms with E-state index in [4.69, 9.17) is 0 Å². The molecule has 0 aromatic heterocycles. The van der Waals surface area contributed by atoms with Crippen LogP contribution in [0.1, 0.15) is 0 Å². The van der Waals surface area contributed by atoms with Crippen molar-refractivity contribution in [1.82, 2.24) is 9.03 Å². The van der Waals surface area contributed by atoms with E-state index >= 15 is 0 Å². The second-order valence-corrected chi connectivity index (χ2v) is 5.12. The van der Waals surface area contributed by atoms with Gasteiger partial charge in [0, 0.05) is 0 Å². The monoisotopic (exact) mass is 322 g/mol. The van der Waals surface area contributed by atoms with Gasteiger partial charge in [0.15, 0.2) is 0 Å². The number of rotatable bonds is 7. The van der Waals surface area contributed by atoms with Crippen LogP contribution in [0, 0.1) is 0 Å². The molecule has 0 unspecified atom stereocenters. The van der Waals surface area contributed by atoms with E-state index in [0.29, 0.717) is 0 Å². The number of methoxy groups -OCH3 is 2. The van der Waals surface area contributed by atoms with Gasteiger partial charge in [-0.05, 0) is 0 Å². The minimum Gasteiger partial charge on any atom is -0.468 e. The Morgan fingerprint density at radius 3 is 1.80 bits per heavy atom. The summed E-state index contributed by atoms with van der Waals surface area (Å²) in [6, 6.07) is 0. The van der Waals surface area contributed by atoms with E-state index in [-0.39, 0.29) is 4.31 Å². The average molecular weight is 322 g/mol. The van der Waals surface area contributed by atoms with Gasteiger partial charge in [-0.15, -0.1) is 0 Å². The molecule has 0 aromatic carbocycles. The van der Waals surface area contributed by atoms with E-state index < -0.39 is 48.0 Å². The van der Waals surface area contributed by atoms with E-state index in [2.05, 4.69) is 9.47 Å². The van der Waals surface area contributed by atoms with E-state index in [1.54, 1.807) is 0 Å². The van der Waals surface area contributed by atoms with Crippen LogP contribution in [0.15, 0.2) is 0 Å². The first-order valence-electron chi connectivity index (χ1n) is 4.97. The predicted molar refractivity (Wildman–Crippen MR) is 58.6 cm³/mol. The minimum atomic E-state index is -4.78. The zero-order valence-corrected chi connectivity index (χ0v) is 11.4. The van der Waals surface area contributed by atoms with Gasteiger partial charge >= 0.3 is 18.1 Å². The molecule has 0 aliphatic heterocycles. The molecule has 0 aliphatic rings. The molecule has 0 rings (SSSR count). The molecule has 0 amide bonds. The van der Waals surface area contributed by atoms with Gasteiger partial charge in [-0.25, -0.2) is 0 Å². The summed E-state index contributed by atoms with van der Waals surface area (Å²) in [6.07, 6.45) is -4.78. The molecule has 12 heteroatoms. The summed E-state index contributed by atoms with van der Waals surface area (Å²) >= 11 is 0. The number of carbonyl (C=O) groups excluding carboxylic acids is 2. The molecular formula is C8H13F3N2O6S. The van der Waals surface area contributed by atoms with Crippen LogP contribution in [0.25, 0.3) is 0 Å². The standard InChI is InChI=1S/C8H13F3N2O6S/c1-18-6(14)3-13(4-7(15)19-2)20(16,17)12-5-8(9,10)11/h12H,3-5H2,1-2H3. The highest BCUT2D eigenvalue weighted by atomic mass is 32.2. The molecule has 8 nitrogen and oxygen atoms in total. The summed E-state index contributed by atoms with van der Waals surface area (Å²) in [4.78, 5) is 22.0. The topological polar surface area (TPSA) is 102 Å². The molecule has 0 saturated heterocycles. The van der Waals surface area contributed by atoms with Crippen LogP contribution in [0.5, 0.6) is 0 Å². The lowest BCUT2D eigenvalue weighted by molar-refractivity contribution is -0.143. The summed E-state index contributed by atoms with van der Waals surface area (Å²) in [5.74, 6) is -2.10. The average Bonchev–Trinajstić information content (AvgIpc) is 2.34. The van der Waals surface area contributed by atoms with E-state index in [0.717, 1.165) is 14.2 Å². The lowest BCUT2D eigenvalue weighted by Gasteiger charge is -2.20. The number of alkyl halides is 3. The highest BCUT2D eigenvalue weighted by Gasteiger charge is 2.33. The first kappa shape index (κ1) is 18.6. The summed E-state index contributed by atoms with van der Waals surface area (Å²) in [5.41, 5.74) is 0. The Kier molecular flexibility index (Phi) is 6.88. The molecule has 0 radical (unpaired) electrons. The number of ether oxygens (including phenoxy) is 2. The first-order chi connectivity index (χ1) is 9.01. The Labute approximate surface area is 113 Å². The van der Waals surface area contributed by atoms with E-state index in [1.165, 1.54) is 4.72 Å². The summed E-state index contributed by atoms with van der Waals surface area (Å²) in [5, 5.41) is 0. The molecule has 0 aliphatic carbocycles. The maximum atomic E-state index is 12.0. The fourth-order valence-corrected chi connectivity index (χ4v) is 1.99. The largest absolute Gasteiger partial charge is 0.468 e. The summed E-state index contributed by atoms with van der Waals surface area (Å²) < 4.78 is 68.9. The number of hydrogen-bond acceptors (Lipinski definition) is 6. The number of nitrogens with zero attached hydrogens (tertiary/aromatic N) is 1. The molecule has 0 bridgehead atoms. The quantitative estimate of drug-likeness (QED) is 0.605. The van der Waals surface area contributed by atoms with Crippen LogP contribution < -0.4 is 4.72 Å². The number of esters is 2. The highest BCUT2D eigenvalue weighted by molar-refractivity contribution is 7.87. The van der Waals surface area contributed by atoms with Crippen LogP contribution in [0.4, 0.5) is 13.2 Å². The number of nitrogens with one attached hydrogen (secondary N) is 1. The van der Waals surface area contributed by atoms with Crippen LogP contribution in [-0.2, 0) is 29.3 Å². The van der Waals surface area contributed by atoms with Crippen LogP contribution in [0.3, 0.4) is 0 Å².